The predicted molar refractivity (Wildman–Crippen MR) is 84.9 cm³/mol. The van der Waals surface area contributed by atoms with Gasteiger partial charge in [0, 0.05) is 6.07 Å². The highest BCUT2D eigenvalue weighted by Gasteiger charge is 2.12. The van der Waals surface area contributed by atoms with Crippen molar-refractivity contribution in [1.29, 1.82) is 0 Å². The van der Waals surface area contributed by atoms with E-state index in [1.807, 2.05) is 24.3 Å². The summed E-state index contributed by atoms with van der Waals surface area (Å²) in [6.45, 7) is 0.220. The van der Waals surface area contributed by atoms with Crippen LogP contribution in [-0.4, -0.2) is 21.0 Å². The molecule has 1 N–H and O–H groups in total. The minimum Gasteiger partial charge on any atom is -0.461 e. The highest BCUT2D eigenvalue weighted by Crippen LogP contribution is 2.20. The fourth-order valence-corrected chi connectivity index (χ4v) is 2.26. The quantitative estimate of drug-likeness (QED) is 0.621. The zero-order chi connectivity index (χ0) is 16.4. The van der Waals surface area contributed by atoms with E-state index in [4.69, 9.17) is 8.94 Å². The number of nitrogens with zero attached hydrogens (tertiary/aromatic N) is 3. The van der Waals surface area contributed by atoms with Gasteiger partial charge in [0.2, 0.25) is 5.76 Å². The summed E-state index contributed by atoms with van der Waals surface area (Å²) in [5, 5.41) is 6.65. The van der Waals surface area contributed by atoms with Crippen LogP contribution in [0.4, 0.5) is 0 Å². The largest absolute Gasteiger partial charge is 0.461 e. The minimum absolute atomic E-state index is 0.220. The van der Waals surface area contributed by atoms with Crippen LogP contribution in [0.25, 0.3) is 22.6 Å². The number of hydrogen-bond acceptors (Lipinski definition) is 6. The van der Waals surface area contributed by atoms with Crippen LogP contribution in [0.2, 0.25) is 0 Å². The molecule has 0 spiro atoms. The van der Waals surface area contributed by atoms with E-state index in [0.717, 1.165) is 5.52 Å². The third-order valence-corrected chi connectivity index (χ3v) is 3.43. The molecule has 7 nitrogen and oxygen atoms in total. The molecule has 7 heteroatoms. The van der Waals surface area contributed by atoms with Crippen molar-refractivity contribution in [2.45, 2.75) is 6.54 Å². The first kappa shape index (κ1) is 14.1. The van der Waals surface area contributed by atoms with E-state index >= 15 is 0 Å². The molecule has 0 unspecified atom stereocenters. The number of nitrogens with one attached hydrogen (secondary N) is 1. The van der Waals surface area contributed by atoms with Crippen molar-refractivity contribution in [1.82, 2.24) is 20.4 Å². The minimum atomic E-state index is -0.323. The van der Waals surface area contributed by atoms with Crippen molar-refractivity contribution < 1.29 is 13.7 Å². The Morgan fingerprint density at radius 3 is 2.79 bits per heavy atom. The molecule has 0 aliphatic carbocycles. The van der Waals surface area contributed by atoms with E-state index in [1.165, 1.54) is 6.20 Å². The molecule has 4 rings (SSSR count). The zero-order valence-electron chi connectivity index (χ0n) is 12.5. The summed E-state index contributed by atoms with van der Waals surface area (Å²) in [7, 11) is 0. The average Bonchev–Trinajstić information content (AvgIpc) is 3.30. The fourth-order valence-electron chi connectivity index (χ4n) is 2.26. The number of rotatable bonds is 4. The van der Waals surface area contributed by atoms with Gasteiger partial charge in [-0.3, -0.25) is 9.78 Å². The number of carbonyl (C=O) groups is 1. The molecule has 3 heterocycles. The van der Waals surface area contributed by atoms with Gasteiger partial charge in [-0.15, -0.1) is 0 Å². The number of furan rings is 1. The van der Waals surface area contributed by atoms with Crippen LogP contribution in [0.1, 0.15) is 16.2 Å². The smallest absolute Gasteiger partial charge is 0.271 e. The standard InChI is InChI=1S/C17H12N4O3/c22-17(14-10-18-12-4-1-2-5-13(12)20-14)19-9-11-8-16(24-21-11)15-6-3-7-23-15/h1-8,10H,9H2,(H,19,22). The molecule has 4 aromatic rings. The molecule has 0 radical (unpaired) electrons. The van der Waals surface area contributed by atoms with Gasteiger partial charge >= 0.3 is 0 Å². The SMILES string of the molecule is O=C(NCc1cc(-c2ccco2)on1)c1cnc2ccccc2n1. The molecule has 3 aromatic heterocycles. The molecule has 24 heavy (non-hydrogen) atoms. The number of amides is 1. The van der Waals surface area contributed by atoms with Gasteiger partial charge in [0.25, 0.3) is 5.91 Å². The third kappa shape index (κ3) is 2.74. The molecule has 118 valence electrons. The summed E-state index contributed by atoms with van der Waals surface area (Å²) in [5.74, 6) is 0.769. The van der Waals surface area contributed by atoms with Crippen LogP contribution < -0.4 is 5.32 Å². The number of hydrogen-bond donors (Lipinski definition) is 1. The fraction of sp³-hybridized carbons (Fsp3) is 0.0588. The molecule has 1 amide bonds. The number of aromatic nitrogens is 3. The lowest BCUT2D eigenvalue weighted by Gasteiger charge is -2.03. The summed E-state index contributed by atoms with van der Waals surface area (Å²) < 4.78 is 10.4. The summed E-state index contributed by atoms with van der Waals surface area (Å²) in [6, 6.07) is 12.6. The Kier molecular flexibility index (Phi) is 3.51. The third-order valence-electron chi connectivity index (χ3n) is 3.43. The highest BCUT2D eigenvalue weighted by molar-refractivity contribution is 5.93. The highest BCUT2D eigenvalue weighted by atomic mass is 16.5. The maximum absolute atomic E-state index is 12.2. The average molecular weight is 320 g/mol. The molecule has 0 saturated heterocycles. The lowest BCUT2D eigenvalue weighted by molar-refractivity contribution is 0.0945. The first-order valence-electron chi connectivity index (χ1n) is 7.29. The van der Waals surface area contributed by atoms with E-state index in [1.54, 1.807) is 24.5 Å². The van der Waals surface area contributed by atoms with E-state index < -0.39 is 0 Å². The lowest BCUT2D eigenvalue weighted by atomic mass is 10.3. The van der Waals surface area contributed by atoms with Crippen molar-refractivity contribution in [3.8, 4) is 11.5 Å². The number of fused-ring (bicyclic) bond motifs is 1. The van der Waals surface area contributed by atoms with Crippen molar-refractivity contribution in [2.24, 2.45) is 0 Å². The summed E-state index contributed by atoms with van der Waals surface area (Å²) in [4.78, 5) is 20.7. The van der Waals surface area contributed by atoms with E-state index in [-0.39, 0.29) is 18.1 Å². The predicted octanol–water partition coefficient (Wildman–Crippen LogP) is 2.81. The van der Waals surface area contributed by atoms with Gasteiger partial charge < -0.3 is 14.3 Å². The summed E-state index contributed by atoms with van der Waals surface area (Å²) in [6.07, 6.45) is 3.01. The van der Waals surface area contributed by atoms with Gasteiger partial charge in [-0.2, -0.15) is 0 Å². The molecule has 1 aromatic carbocycles. The Morgan fingerprint density at radius 2 is 1.96 bits per heavy atom. The van der Waals surface area contributed by atoms with Gasteiger partial charge in [0.15, 0.2) is 5.76 Å². The maximum Gasteiger partial charge on any atom is 0.271 e. The number of benzene rings is 1. The Labute approximate surface area is 136 Å². The Bertz CT molecular complexity index is 992. The molecule has 0 bridgehead atoms. The van der Waals surface area contributed by atoms with Crippen LogP contribution >= 0.6 is 0 Å². The normalized spacial score (nSPS) is 10.8. The van der Waals surface area contributed by atoms with Gasteiger partial charge in [0.1, 0.15) is 11.4 Å². The van der Waals surface area contributed by atoms with Crippen LogP contribution in [0.3, 0.4) is 0 Å². The summed E-state index contributed by atoms with van der Waals surface area (Å²) >= 11 is 0. The number of para-hydroxylation sites is 2. The van der Waals surface area contributed by atoms with Crippen LogP contribution in [0, 0.1) is 0 Å². The van der Waals surface area contributed by atoms with Crippen molar-refractivity contribution in [2.75, 3.05) is 0 Å². The molecule has 0 aliphatic rings. The maximum atomic E-state index is 12.2. The van der Waals surface area contributed by atoms with Gasteiger partial charge in [-0.05, 0) is 24.3 Å². The Morgan fingerprint density at radius 1 is 1.08 bits per heavy atom. The van der Waals surface area contributed by atoms with E-state index in [9.17, 15) is 4.79 Å². The van der Waals surface area contributed by atoms with Crippen molar-refractivity contribution >= 4 is 16.9 Å². The monoisotopic (exact) mass is 320 g/mol. The Hall–Kier alpha value is -3.48. The lowest BCUT2D eigenvalue weighted by Crippen LogP contribution is -2.24. The van der Waals surface area contributed by atoms with Crippen LogP contribution in [0.15, 0.2) is 63.9 Å². The van der Waals surface area contributed by atoms with E-state index in [2.05, 4.69) is 20.4 Å². The second kappa shape index (κ2) is 5.96. The molecular formula is C17H12N4O3. The van der Waals surface area contributed by atoms with Gasteiger partial charge in [-0.25, -0.2) is 4.98 Å². The number of carbonyl (C=O) groups excluding carboxylic acids is 1. The first-order chi connectivity index (χ1) is 11.8. The molecule has 0 saturated carbocycles. The summed E-state index contributed by atoms with van der Waals surface area (Å²) in [5.41, 5.74) is 2.26. The zero-order valence-corrected chi connectivity index (χ0v) is 12.5. The van der Waals surface area contributed by atoms with Crippen LogP contribution in [-0.2, 0) is 6.54 Å². The first-order valence-corrected chi connectivity index (χ1v) is 7.29. The topological polar surface area (TPSA) is 94.1 Å². The molecular weight excluding hydrogens is 308 g/mol. The molecule has 0 atom stereocenters. The molecule has 0 aliphatic heterocycles. The van der Waals surface area contributed by atoms with Gasteiger partial charge in [-0.1, -0.05) is 17.3 Å². The second-order valence-electron chi connectivity index (χ2n) is 5.09. The van der Waals surface area contributed by atoms with E-state index in [0.29, 0.717) is 22.7 Å². The van der Waals surface area contributed by atoms with Crippen molar-refractivity contribution in [3.05, 3.63) is 66.3 Å². The second-order valence-corrected chi connectivity index (χ2v) is 5.09. The van der Waals surface area contributed by atoms with Crippen molar-refractivity contribution in [3.63, 3.8) is 0 Å². The van der Waals surface area contributed by atoms with Crippen LogP contribution in [0.5, 0.6) is 0 Å². The Balaban J connectivity index is 1.46. The van der Waals surface area contributed by atoms with Gasteiger partial charge in [0.05, 0.1) is 30.0 Å². The molecule has 0 fully saturated rings.